The third-order valence-corrected chi connectivity index (χ3v) is 2.62. The lowest BCUT2D eigenvalue weighted by Crippen LogP contribution is -2.24. The van der Waals surface area contributed by atoms with Crippen LogP contribution in [0.25, 0.3) is 0 Å². The number of aromatic nitrogens is 1. The van der Waals surface area contributed by atoms with Gasteiger partial charge in [0.25, 0.3) is 5.91 Å². The van der Waals surface area contributed by atoms with Crippen LogP contribution < -0.4 is 10.5 Å². The van der Waals surface area contributed by atoms with Crippen LogP contribution in [0, 0.1) is 0 Å². The van der Waals surface area contributed by atoms with E-state index in [0.29, 0.717) is 18.0 Å². The molecule has 1 saturated carbocycles. The second kappa shape index (κ2) is 4.71. The normalized spacial score (nSPS) is 14.5. The zero-order chi connectivity index (χ0) is 12.4. The largest absolute Gasteiger partial charge is 0.488 e. The molecule has 5 heteroatoms. The number of nitrogens with two attached hydrogens (primary N) is 1. The summed E-state index contributed by atoms with van der Waals surface area (Å²) in [6, 6.07) is 1.80. The van der Waals surface area contributed by atoms with Crippen LogP contribution in [0.1, 0.15) is 28.9 Å². The first-order chi connectivity index (χ1) is 8.13. The summed E-state index contributed by atoms with van der Waals surface area (Å²) in [5, 5.41) is 0. The highest BCUT2D eigenvalue weighted by Crippen LogP contribution is 2.31. The summed E-state index contributed by atoms with van der Waals surface area (Å²) in [4.78, 5) is 17.6. The zero-order valence-electron chi connectivity index (χ0n) is 10.1. The first kappa shape index (κ1) is 11.9. The molecule has 17 heavy (non-hydrogen) atoms. The minimum Gasteiger partial charge on any atom is -0.488 e. The highest BCUT2D eigenvalue weighted by molar-refractivity contribution is 5.95. The molecule has 0 radical (unpaired) electrons. The van der Waals surface area contributed by atoms with Crippen molar-refractivity contribution in [1.29, 1.82) is 0 Å². The van der Waals surface area contributed by atoms with Gasteiger partial charge in [0.1, 0.15) is 0 Å². The van der Waals surface area contributed by atoms with Crippen LogP contribution in [-0.4, -0.2) is 36.0 Å². The zero-order valence-corrected chi connectivity index (χ0v) is 10.1. The number of rotatable bonds is 4. The summed E-state index contributed by atoms with van der Waals surface area (Å²) in [6.07, 6.45) is 3.89. The SMILES string of the molecule is CN(C)C(=O)c1nccc(CN)c1OC1CC1. The summed E-state index contributed by atoms with van der Waals surface area (Å²) in [5.41, 5.74) is 6.84. The summed E-state index contributed by atoms with van der Waals surface area (Å²) in [5.74, 6) is 0.396. The Balaban J connectivity index is 2.37. The minimum absolute atomic E-state index is 0.157. The van der Waals surface area contributed by atoms with Crippen molar-refractivity contribution in [2.75, 3.05) is 14.1 Å². The van der Waals surface area contributed by atoms with Crippen LogP contribution in [0.3, 0.4) is 0 Å². The number of ether oxygens (including phenoxy) is 1. The Morgan fingerprint density at radius 2 is 2.29 bits per heavy atom. The lowest BCUT2D eigenvalue weighted by molar-refractivity contribution is 0.0816. The molecule has 0 aliphatic heterocycles. The Morgan fingerprint density at radius 1 is 1.59 bits per heavy atom. The minimum atomic E-state index is -0.157. The summed E-state index contributed by atoms with van der Waals surface area (Å²) in [6.45, 7) is 0.346. The van der Waals surface area contributed by atoms with Gasteiger partial charge < -0.3 is 15.4 Å². The van der Waals surface area contributed by atoms with E-state index in [1.54, 1.807) is 26.4 Å². The van der Waals surface area contributed by atoms with Crippen LogP contribution in [0.5, 0.6) is 5.75 Å². The molecular weight excluding hydrogens is 218 g/mol. The Morgan fingerprint density at radius 3 is 2.82 bits per heavy atom. The fourth-order valence-corrected chi connectivity index (χ4v) is 1.50. The first-order valence-electron chi connectivity index (χ1n) is 5.69. The predicted molar refractivity (Wildman–Crippen MR) is 63.8 cm³/mol. The summed E-state index contributed by atoms with van der Waals surface area (Å²) in [7, 11) is 3.39. The molecule has 2 N–H and O–H groups in total. The highest BCUT2D eigenvalue weighted by Gasteiger charge is 2.28. The van der Waals surface area contributed by atoms with Crippen molar-refractivity contribution < 1.29 is 9.53 Å². The molecule has 0 saturated heterocycles. The lowest BCUT2D eigenvalue weighted by atomic mass is 10.2. The summed E-state index contributed by atoms with van der Waals surface area (Å²) >= 11 is 0. The van der Waals surface area contributed by atoms with E-state index < -0.39 is 0 Å². The Labute approximate surface area is 101 Å². The molecule has 1 aromatic heterocycles. The van der Waals surface area contributed by atoms with Crippen LogP contribution in [0.4, 0.5) is 0 Å². The molecule has 1 fully saturated rings. The third-order valence-electron chi connectivity index (χ3n) is 2.62. The van der Waals surface area contributed by atoms with Gasteiger partial charge in [0.05, 0.1) is 6.10 Å². The van der Waals surface area contributed by atoms with Crippen LogP contribution in [0.2, 0.25) is 0 Å². The quantitative estimate of drug-likeness (QED) is 0.837. The van der Waals surface area contributed by atoms with Gasteiger partial charge in [-0.25, -0.2) is 4.98 Å². The average molecular weight is 235 g/mol. The van der Waals surface area contributed by atoms with Gasteiger partial charge in [-0.2, -0.15) is 0 Å². The summed E-state index contributed by atoms with van der Waals surface area (Å²) < 4.78 is 5.76. The smallest absolute Gasteiger partial charge is 0.275 e. The molecule has 1 aliphatic rings. The molecule has 0 aromatic carbocycles. The van der Waals surface area contributed by atoms with Gasteiger partial charge in [-0.15, -0.1) is 0 Å². The van der Waals surface area contributed by atoms with E-state index in [9.17, 15) is 4.79 Å². The predicted octanol–water partition coefficient (Wildman–Crippen LogP) is 0.783. The number of hydrogen-bond acceptors (Lipinski definition) is 4. The van der Waals surface area contributed by atoms with Crippen molar-refractivity contribution in [3.63, 3.8) is 0 Å². The van der Waals surface area contributed by atoms with Crippen molar-refractivity contribution >= 4 is 5.91 Å². The number of hydrogen-bond donors (Lipinski definition) is 1. The van der Waals surface area contributed by atoms with E-state index in [0.717, 1.165) is 18.4 Å². The monoisotopic (exact) mass is 235 g/mol. The fraction of sp³-hybridized carbons (Fsp3) is 0.500. The van der Waals surface area contributed by atoms with Crippen molar-refractivity contribution in [2.24, 2.45) is 5.73 Å². The van der Waals surface area contributed by atoms with Gasteiger partial charge in [-0.1, -0.05) is 0 Å². The van der Waals surface area contributed by atoms with Gasteiger partial charge in [0, 0.05) is 32.4 Å². The molecule has 1 aromatic rings. The second-order valence-electron chi connectivity index (χ2n) is 4.37. The maximum atomic E-state index is 12.0. The van der Waals surface area contributed by atoms with Gasteiger partial charge in [-0.05, 0) is 18.9 Å². The molecule has 92 valence electrons. The number of nitrogens with zero attached hydrogens (tertiary/aromatic N) is 2. The van der Waals surface area contributed by atoms with Crippen molar-refractivity contribution in [3.05, 3.63) is 23.5 Å². The first-order valence-corrected chi connectivity index (χ1v) is 5.69. The van der Waals surface area contributed by atoms with Crippen LogP contribution >= 0.6 is 0 Å². The van der Waals surface area contributed by atoms with E-state index in [1.165, 1.54) is 4.90 Å². The van der Waals surface area contributed by atoms with E-state index in [2.05, 4.69) is 4.98 Å². The van der Waals surface area contributed by atoms with Crippen LogP contribution in [0.15, 0.2) is 12.3 Å². The van der Waals surface area contributed by atoms with Crippen molar-refractivity contribution in [3.8, 4) is 5.75 Å². The topological polar surface area (TPSA) is 68.5 Å². The van der Waals surface area contributed by atoms with E-state index in [-0.39, 0.29) is 12.0 Å². The Hall–Kier alpha value is -1.62. The standard InChI is InChI=1S/C12H17N3O2/c1-15(2)12(16)10-11(17-9-3-4-9)8(7-13)5-6-14-10/h5-6,9H,3-4,7,13H2,1-2H3. The molecule has 5 nitrogen and oxygen atoms in total. The molecule has 0 unspecified atom stereocenters. The number of pyridine rings is 1. The molecule has 2 rings (SSSR count). The highest BCUT2D eigenvalue weighted by atomic mass is 16.5. The number of amides is 1. The van der Waals surface area contributed by atoms with Gasteiger partial charge in [-0.3, -0.25) is 4.79 Å². The molecule has 1 aliphatic carbocycles. The molecule has 0 spiro atoms. The third kappa shape index (κ3) is 2.55. The van der Waals surface area contributed by atoms with Crippen molar-refractivity contribution in [2.45, 2.75) is 25.5 Å². The molecule has 1 heterocycles. The Kier molecular flexibility index (Phi) is 3.28. The van der Waals surface area contributed by atoms with Gasteiger partial charge in [0.15, 0.2) is 11.4 Å². The van der Waals surface area contributed by atoms with Crippen LogP contribution in [-0.2, 0) is 6.54 Å². The molecule has 0 atom stereocenters. The molecular formula is C12H17N3O2. The van der Waals surface area contributed by atoms with Crippen molar-refractivity contribution in [1.82, 2.24) is 9.88 Å². The van der Waals surface area contributed by atoms with Gasteiger partial charge >= 0.3 is 0 Å². The van der Waals surface area contributed by atoms with E-state index >= 15 is 0 Å². The number of carbonyl (C=O) groups is 1. The number of carbonyl (C=O) groups excluding carboxylic acids is 1. The lowest BCUT2D eigenvalue weighted by Gasteiger charge is -2.16. The molecule has 0 bridgehead atoms. The maximum Gasteiger partial charge on any atom is 0.275 e. The second-order valence-corrected chi connectivity index (χ2v) is 4.37. The average Bonchev–Trinajstić information content (AvgIpc) is 3.12. The fourth-order valence-electron chi connectivity index (χ4n) is 1.50. The van der Waals surface area contributed by atoms with Gasteiger partial charge in [0.2, 0.25) is 0 Å². The van der Waals surface area contributed by atoms with E-state index in [4.69, 9.17) is 10.5 Å². The maximum absolute atomic E-state index is 12.0. The van der Waals surface area contributed by atoms with E-state index in [1.807, 2.05) is 0 Å². The Bertz CT molecular complexity index is 428. The molecule has 1 amide bonds.